The Labute approximate surface area is 105 Å². The lowest BCUT2D eigenvalue weighted by Gasteiger charge is -2.15. The molecule has 0 amide bonds. The van der Waals surface area contributed by atoms with Crippen molar-refractivity contribution in [3.63, 3.8) is 0 Å². The quantitative estimate of drug-likeness (QED) is 0.826. The van der Waals surface area contributed by atoms with Crippen LogP contribution in [0.5, 0.6) is 0 Å². The van der Waals surface area contributed by atoms with Crippen LogP contribution in [0, 0.1) is 13.8 Å². The summed E-state index contributed by atoms with van der Waals surface area (Å²) in [5.74, 6) is 2.79. The van der Waals surface area contributed by atoms with Crippen molar-refractivity contribution in [1.29, 1.82) is 0 Å². The van der Waals surface area contributed by atoms with E-state index in [1.807, 2.05) is 25.8 Å². The Bertz CT molecular complexity index is 537. The number of nitrogens with zero attached hydrogens (tertiary/aromatic N) is 4. The fourth-order valence-electron chi connectivity index (χ4n) is 2.14. The molecule has 0 bridgehead atoms. The molecule has 18 heavy (non-hydrogen) atoms. The monoisotopic (exact) mass is 248 g/mol. The Balaban J connectivity index is 1.75. The van der Waals surface area contributed by atoms with Crippen molar-refractivity contribution >= 4 is 5.69 Å². The molecule has 0 saturated heterocycles. The van der Waals surface area contributed by atoms with E-state index < -0.39 is 0 Å². The zero-order valence-electron chi connectivity index (χ0n) is 10.8. The number of hydrogen-bond donors (Lipinski definition) is 0. The zero-order valence-corrected chi connectivity index (χ0v) is 10.8. The minimum absolute atomic E-state index is 0.496. The van der Waals surface area contributed by atoms with E-state index in [9.17, 15) is 0 Å². The van der Waals surface area contributed by atoms with Gasteiger partial charge in [-0.3, -0.25) is 0 Å². The van der Waals surface area contributed by atoms with Gasteiger partial charge in [-0.05, 0) is 26.7 Å². The maximum Gasteiger partial charge on any atom is 0.229 e. The molecular formula is C12H16N4O2. The summed E-state index contributed by atoms with van der Waals surface area (Å²) >= 11 is 0. The Morgan fingerprint density at radius 3 is 2.61 bits per heavy atom. The van der Waals surface area contributed by atoms with Crippen LogP contribution in [0.3, 0.4) is 0 Å². The average molecular weight is 248 g/mol. The molecule has 0 aromatic carbocycles. The van der Waals surface area contributed by atoms with Crippen molar-refractivity contribution in [3.05, 3.63) is 23.2 Å². The van der Waals surface area contributed by atoms with Gasteiger partial charge in [-0.25, -0.2) is 0 Å². The minimum Gasteiger partial charge on any atom is -0.363 e. The van der Waals surface area contributed by atoms with Crippen LogP contribution in [0.2, 0.25) is 0 Å². The number of aromatic nitrogens is 3. The summed E-state index contributed by atoms with van der Waals surface area (Å²) in [6, 6.07) is 0. The molecule has 1 saturated carbocycles. The van der Waals surface area contributed by atoms with Crippen molar-refractivity contribution in [2.75, 3.05) is 11.9 Å². The highest BCUT2D eigenvalue weighted by atomic mass is 16.5. The molecule has 0 unspecified atom stereocenters. The van der Waals surface area contributed by atoms with Crippen molar-refractivity contribution in [2.24, 2.45) is 0 Å². The van der Waals surface area contributed by atoms with Crippen LogP contribution in [0.25, 0.3) is 0 Å². The van der Waals surface area contributed by atoms with Crippen molar-refractivity contribution in [2.45, 2.75) is 39.2 Å². The van der Waals surface area contributed by atoms with Gasteiger partial charge in [0, 0.05) is 13.0 Å². The largest absolute Gasteiger partial charge is 0.363 e. The molecule has 1 aliphatic carbocycles. The first-order valence-electron chi connectivity index (χ1n) is 6.11. The van der Waals surface area contributed by atoms with E-state index in [4.69, 9.17) is 9.05 Å². The summed E-state index contributed by atoms with van der Waals surface area (Å²) in [4.78, 5) is 6.44. The molecule has 0 atom stereocenters. The molecule has 0 aliphatic heterocycles. The second kappa shape index (κ2) is 4.12. The minimum atomic E-state index is 0.496. The first kappa shape index (κ1) is 11.3. The van der Waals surface area contributed by atoms with E-state index in [0.29, 0.717) is 18.3 Å². The van der Waals surface area contributed by atoms with E-state index >= 15 is 0 Å². The molecule has 2 aromatic heterocycles. The normalized spacial score (nSPS) is 15.1. The highest BCUT2D eigenvalue weighted by Crippen LogP contribution is 2.38. The van der Waals surface area contributed by atoms with E-state index in [-0.39, 0.29) is 0 Å². The highest BCUT2D eigenvalue weighted by molar-refractivity contribution is 5.52. The van der Waals surface area contributed by atoms with Gasteiger partial charge < -0.3 is 13.9 Å². The van der Waals surface area contributed by atoms with Gasteiger partial charge in [0.2, 0.25) is 5.89 Å². The highest BCUT2D eigenvalue weighted by Gasteiger charge is 2.29. The maximum atomic E-state index is 5.24. The third-order valence-electron chi connectivity index (χ3n) is 3.17. The number of aryl methyl sites for hydroxylation is 2. The predicted molar refractivity (Wildman–Crippen MR) is 64.4 cm³/mol. The van der Waals surface area contributed by atoms with Gasteiger partial charge in [-0.1, -0.05) is 10.3 Å². The fraction of sp³-hybridized carbons (Fsp3) is 0.583. The van der Waals surface area contributed by atoms with Crippen LogP contribution in [0.4, 0.5) is 5.69 Å². The molecule has 2 aromatic rings. The van der Waals surface area contributed by atoms with E-state index in [1.165, 1.54) is 12.8 Å². The second-order valence-electron chi connectivity index (χ2n) is 4.85. The van der Waals surface area contributed by atoms with Crippen LogP contribution < -0.4 is 4.90 Å². The number of anilines is 1. The smallest absolute Gasteiger partial charge is 0.229 e. The van der Waals surface area contributed by atoms with Gasteiger partial charge in [0.05, 0.1) is 6.54 Å². The summed E-state index contributed by atoms with van der Waals surface area (Å²) in [5, 5.41) is 7.95. The van der Waals surface area contributed by atoms with Crippen LogP contribution in [0.1, 0.15) is 41.9 Å². The van der Waals surface area contributed by atoms with Gasteiger partial charge in [-0.15, -0.1) is 0 Å². The Hall–Kier alpha value is -1.85. The number of rotatable bonds is 4. The molecule has 6 heteroatoms. The number of hydrogen-bond acceptors (Lipinski definition) is 6. The molecule has 3 rings (SSSR count). The Morgan fingerprint density at radius 1 is 1.22 bits per heavy atom. The molecular weight excluding hydrogens is 232 g/mol. The second-order valence-corrected chi connectivity index (χ2v) is 4.85. The average Bonchev–Trinajstić information content (AvgIpc) is 2.99. The summed E-state index contributed by atoms with van der Waals surface area (Å²) in [6.07, 6.45) is 2.34. The molecule has 0 radical (unpaired) electrons. The molecule has 0 spiro atoms. The van der Waals surface area contributed by atoms with Gasteiger partial charge in [0.25, 0.3) is 0 Å². The van der Waals surface area contributed by atoms with Gasteiger partial charge >= 0.3 is 0 Å². The SMILES string of the molecule is Cc1noc(C)c1N(C)Cc1noc(C2CC2)n1. The first-order chi connectivity index (χ1) is 8.65. The Morgan fingerprint density at radius 2 is 2.00 bits per heavy atom. The van der Waals surface area contributed by atoms with Crippen LogP contribution in [-0.4, -0.2) is 22.3 Å². The van der Waals surface area contributed by atoms with Crippen molar-refractivity contribution < 1.29 is 9.05 Å². The standard InChI is InChI=1S/C12H16N4O2/c1-7-11(8(2)17-14-7)16(3)6-10-13-12(18-15-10)9-4-5-9/h9H,4-6H2,1-3H3. The van der Waals surface area contributed by atoms with Crippen LogP contribution in [-0.2, 0) is 6.54 Å². The first-order valence-corrected chi connectivity index (χ1v) is 6.11. The molecule has 1 fully saturated rings. The topological polar surface area (TPSA) is 68.2 Å². The third-order valence-corrected chi connectivity index (χ3v) is 3.17. The zero-order chi connectivity index (χ0) is 12.7. The third kappa shape index (κ3) is 1.98. The van der Waals surface area contributed by atoms with Crippen molar-refractivity contribution in [1.82, 2.24) is 15.3 Å². The fourth-order valence-corrected chi connectivity index (χ4v) is 2.14. The molecule has 6 nitrogen and oxygen atoms in total. The summed E-state index contributed by atoms with van der Waals surface area (Å²) in [7, 11) is 1.97. The van der Waals surface area contributed by atoms with Crippen LogP contribution >= 0.6 is 0 Å². The van der Waals surface area contributed by atoms with Gasteiger partial charge in [-0.2, -0.15) is 4.98 Å². The van der Waals surface area contributed by atoms with Gasteiger partial charge in [0.1, 0.15) is 11.4 Å². The molecule has 2 heterocycles. The van der Waals surface area contributed by atoms with E-state index in [2.05, 4.69) is 15.3 Å². The molecule has 1 aliphatic rings. The summed E-state index contributed by atoms with van der Waals surface area (Å²) < 4.78 is 10.4. The van der Waals surface area contributed by atoms with Crippen molar-refractivity contribution in [3.8, 4) is 0 Å². The summed E-state index contributed by atoms with van der Waals surface area (Å²) in [6.45, 7) is 4.42. The molecule has 96 valence electrons. The summed E-state index contributed by atoms with van der Waals surface area (Å²) in [5.41, 5.74) is 1.87. The van der Waals surface area contributed by atoms with Gasteiger partial charge in [0.15, 0.2) is 11.6 Å². The Kier molecular flexibility index (Phi) is 2.57. The lowest BCUT2D eigenvalue weighted by atomic mass is 10.3. The molecule has 0 N–H and O–H groups in total. The maximum absolute atomic E-state index is 5.24. The van der Waals surface area contributed by atoms with Crippen LogP contribution in [0.15, 0.2) is 9.05 Å². The lowest BCUT2D eigenvalue weighted by Crippen LogP contribution is -2.18. The van der Waals surface area contributed by atoms with E-state index in [1.54, 1.807) is 0 Å². The lowest BCUT2D eigenvalue weighted by molar-refractivity contribution is 0.374. The van der Waals surface area contributed by atoms with E-state index in [0.717, 1.165) is 23.0 Å². The predicted octanol–water partition coefficient (Wildman–Crippen LogP) is 2.19.